The SMILES string of the molecule is CCn1cc(C(N)O)nn1. The molecule has 1 aromatic rings. The summed E-state index contributed by atoms with van der Waals surface area (Å²) in [6.45, 7) is 2.67. The highest BCUT2D eigenvalue weighted by molar-refractivity contribution is 4.94. The van der Waals surface area contributed by atoms with Gasteiger partial charge >= 0.3 is 0 Å². The van der Waals surface area contributed by atoms with Crippen LogP contribution in [0.2, 0.25) is 0 Å². The number of hydrogen-bond acceptors (Lipinski definition) is 4. The van der Waals surface area contributed by atoms with Gasteiger partial charge in [0.25, 0.3) is 0 Å². The lowest BCUT2D eigenvalue weighted by atomic mass is 10.4. The number of rotatable bonds is 2. The van der Waals surface area contributed by atoms with Crippen molar-refractivity contribution in [3.63, 3.8) is 0 Å². The second-order valence-corrected chi connectivity index (χ2v) is 1.94. The number of aryl methyl sites for hydroxylation is 1. The van der Waals surface area contributed by atoms with Gasteiger partial charge in [-0.3, -0.25) is 4.68 Å². The highest BCUT2D eigenvalue weighted by atomic mass is 16.3. The van der Waals surface area contributed by atoms with Crippen molar-refractivity contribution in [3.8, 4) is 0 Å². The van der Waals surface area contributed by atoms with Gasteiger partial charge in [0.05, 0.1) is 6.20 Å². The zero-order valence-corrected chi connectivity index (χ0v) is 5.73. The van der Waals surface area contributed by atoms with Gasteiger partial charge in [0.2, 0.25) is 0 Å². The molecule has 0 fully saturated rings. The molecule has 0 aliphatic carbocycles. The summed E-state index contributed by atoms with van der Waals surface area (Å²) >= 11 is 0. The van der Waals surface area contributed by atoms with E-state index in [-0.39, 0.29) is 0 Å². The highest BCUT2D eigenvalue weighted by Gasteiger charge is 2.04. The van der Waals surface area contributed by atoms with Crippen LogP contribution in [0, 0.1) is 0 Å². The van der Waals surface area contributed by atoms with Crippen LogP contribution in [-0.2, 0) is 6.54 Å². The molecule has 0 radical (unpaired) electrons. The summed E-state index contributed by atoms with van der Waals surface area (Å²) in [4.78, 5) is 0. The average molecular weight is 142 g/mol. The first-order valence-corrected chi connectivity index (χ1v) is 3.07. The van der Waals surface area contributed by atoms with E-state index in [1.54, 1.807) is 10.9 Å². The molecule has 0 aliphatic heterocycles. The van der Waals surface area contributed by atoms with Crippen LogP contribution in [0.5, 0.6) is 0 Å². The van der Waals surface area contributed by atoms with Crippen LogP contribution >= 0.6 is 0 Å². The minimum absolute atomic E-state index is 0.404. The Morgan fingerprint density at radius 1 is 1.90 bits per heavy atom. The van der Waals surface area contributed by atoms with E-state index in [9.17, 15) is 0 Å². The molecule has 0 aromatic carbocycles. The second-order valence-electron chi connectivity index (χ2n) is 1.94. The maximum atomic E-state index is 8.79. The Hall–Kier alpha value is -0.940. The number of aliphatic hydroxyl groups excluding tert-OH is 1. The van der Waals surface area contributed by atoms with Crippen molar-refractivity contribution in [2.45, 2.75) is 19.7 Å². The summed E-state index contributed by atoms with van der Waals surface area (Å²) in [5.74, 6) is 0. The van der Waals surface area contributed by atoms with Gasteiger partial charge in [0, 0.05) is 6.54 Å². The number of hydrogen-bond donors (Lipinski definition) is 2. The molecule has 0 saturated carbocycles. The van der Waals surface area contributed by atoms with Crippen molar-refractivity contribution in [2.24, 2.45) is 5.73 Å². The normalized spacial score (nSPS) is 13.5. The van der Waals surface area contributed by atoms with Crippen LogP contribution in [-0.4, -0.2) is 20.1 Å². The van der Waals surface area contributed by atoms with E-state index >= 15 is 0 Å². The zero-order valence-electron chi connectivity index (χ0n) is 5.73. The van der Waals surface area contributed by atoms with Gasteiger partial charge in [0.1, 0.15) is 11.9 Å². The smallest absolute Gasteiger partial charge is 0.149 e. The third-order valence-electron chi connectivity index (χ3n) is 1.18. The molecular formula is C5H10N4O. The predicted molar refractivity (Wildman–Crippen MR) is 34.8 cm³/mol. The number of nitrogens with zero attached hydrogens (tertiary/aromatic N) is 3. The van der Waals surface area contributed by atoms with Gasteiger partial charge in [0.15, 0.2) is 0 Å². The Bertz CT molecular complexity index is 207. The largest absolute Gasteiger partial charge is 0.373 e. The van der Waals surface area contributed by atoms with Gasteiger partial charge in [-0.05, 0) is 6.92 Å². The first kappa shape index (κ1) is 7.17. The highest BCUT2D eigenvalue weighted by Crippen LogP contribution is 1.99. The fraction of sp³-hybridized carbons (Fsp3) is 0.600. The Kier molecular flexibility index (Phi) is 1.98. The number of nitrogens with two attached hydrogens (primary N) is 1. The van der Waals surface area contributed by atoms with Crippen LogP contribution in [0.15, 0.2) is 6.20 Å². The molecule has 1 heterocycles. The van der Waals surface area contributed by atoms with Gasteiger partial charge in [-0.1, -0.05) is 5.21 Å². The molecule has 1 aromatic heterocycles. The predicted octanol–water partition coefficient (Wildman–Crippen LogP) is -0.752. The van der Waals surface area contributed by atoms with E-state index in [1.165, 1.54) is 0 Å². The molecule has 0 aliphatic rings. The fourth-order valence-electron chi connectivity index (χ4n) is 0.603. The van der Waals surface area contributed by atoms with E-state index in [0.29, 0.717) is 5.69 Å². The minimum atomic E-state index is -1.01. The molecule has 5 nitrogen and oxygen atoms in total. The molecule has 5 heteroatoms. The second kappa shape index (κ2) is 2.76. The van der Waals surface area contributed by atoms with Crippen molar-refractivity contribution in [1.29, 1.82) is 0 Å². The van der Waals surface area contributed by atoms with E-state index in [1.807, 2.05) is 6.92 Å². The van der Waals surface area contributed by atoms with E-state index in [0.717, 1.165) is 6.54 Å². The molecule has 0 bridgehead atoms. The molecule has 0 amide bonds. The Balaban J connectivity index is 2.78. The van der Waals surface area contributed by atoms with Gasteiger partial charge < -0.3 is 10.8 Å². The molecule has 1 atom stereocenters. The lowest BCUT2D eigenvalue weighted by molar-refractivity contribution is 0.181. The molecule has 3 N–H and O–H groups in total. The quantitative estimate of drug-likeness (QED) is 0.532. The first-order chi connectivity index (χ1) is 4.74. The summed E-state index contributed by atoms with van der Waals surface area (Å²) in [5.41, 5.74) is 5.53. The maximum absolute atomic E-state index is 8.79. The van der Waals surface area contributed by atoms with E-state index in [4.69, 9.17) is 10.8 Å². The van der Waals surface area contributed by atoms with Crippen LogP contribution < -0.4 is 5.73 Å². The molecule has 10 heavy (non-hydrogen) atoms. The molecule has 0 spiro atoms. The molecule has 56 valence electrons. The number of aliphatic hydroxyl groups is 1. The Morgan fingerprint density at radius 2 is 2.60 bits per heavy atom. The molecule has 1 unspecified atom stereocenters. The number of aromatic nitrogens is 3. The Morgan fingerprint density at radius 3 is 2.90 bits per heavy atom. The van der Waals surface area contributed by atoms with Crippen LogP contribution in [0.3, 0.4) is 0 Å². The monoisotopic (exact) mass is 142 g/mol. The molecule has 1 rings (SSSR count). The summed E-state index contributed by atoms with van der Waals surface area (Å²) < 4.78 is 1.60. The summed E-state index contributed by atoms with van der Waals surface area (Å²) in [7, 11) is 0. The van der Waals surface area contributed by atoms with Gasteiger partial charge in [-0.15, -0.1) is 5.10 Å². The van der Waals surface area contributed by atoms with Crippen molar-refractivity contribution in [3.05, 3.63) is 11.9 Å². The molecule has 0 saturated heterocycles. The average Bonchev–Trinajstić information content (AvgIpc) is 2.34. The first-order valence-electron chi connectivity index (χ1n) is 3.07. The summed E-state index contributed by atoms with van der Waals surface area (Å²) in [6, 6.07) is 0. The van der Waals surface area contributed by atoms with Gasteiger partial charge in [-0.25, -0.2) is 0 Å². The maximum Gasteiger partial charge on any atom is 0.149 e. The lowest BCUT2D eigenvalue weighted by Crippen LogP contribution is -2.08. The van der Waals surface area contributed by atoms with Crippen LogP contribution in [0.4, 0.5) is 0 Å². The van der Waals surface area contributed by atoms with Gasteiger partial charge in [-0.2, -0.15) is 0 Å². The third-order valence-corrected chi connectivity index (χ3v) is 1.18. The van der Waals surface area contributed by atoms with Crippen molar-refractivity contribution < 1.29 is 5.11 Å². The lowest BCUT2D eigenvalue weighted by Gasteiger charge is -1.94. The summed E-state index contributed by atoms with van der Waals surface area (Å²) in [5, 5.41) is 16.1. The van der Waals surface area contributed by atoms with Crippen molar-refractivity contribution in [2.75, 3.05) is 0 Å². The standard InChI is InChI=1S/C5H10N4O/c1-2-9-3-4(5(6)10)7-8-9/h3,5,10H,2,6H2,1H3. The topological polar surface area (TPSA) is 77.0 Å². The van der Waals surface area contributed by atoms with Crippen molar-refractivity contribution in [1.82, 2.24) is 15.0 Å². The third kappa shape index (κ3) is 1.31. The fourth-order valence-corrected chi connectivity index (χ4v) is 0.603. The molecular weight excluding hydrogens is 132 g/mol. The van der Waals surface area contributed by atoms with Crippen molar-refractivity contribution >= 4 is 0 Å². The Labute approximate surface area is 58.5 Å². The van der Waals surface area contributed by atoms with E-state index < -0.39 is 6.23 Å². The van der Waals surface area contributed by atoms with Crippen LogP contribution in [0.25, 0.3) is 0 Å². The zero-order chi connectivity index (χ0) is 7.56. The minimum Gasteiger partial charge on any atom is -0.373 e. The summed E-state index contributed by atoms with van der Waals surface area (Å²) in [6.07, 6.45) is 0.602. The van der Waals surface area contributed by atoms with E-state index in [2.05, 4.69) is 10.3 Å². The van der Waals surface area contributed by atoms with Crippen LogP contribution in [0.1, 0.15) is 18.8 Å².